The van der Waals surface area contributed by atoms with E-state index in [9.17, 15) is 14.7 Å². The lowest BCUT2D eigenvalue weighted by molar-refractivity contribution is -0.118. The summed E-state index contributed by atoms with van der Waals surface area (Å²) in [5.74, 6) is -0.928. The number of amides is 2. The number of phenolic OH excluding ortho intramolecular Hbond substituents is 1. The van der Waals surface area contributed by atoms with E-state index in [1.54, 1.807) is 6.07 Å². The molecule has 1 aromatic heterocycles. The average molecular weight is 290 g/mol. The summed E-state index contributed by atoms with van der Waals surface area (Å²) in [7, 11) is 0. The molecule has 0 aliphatic carbocycles. The van der Waals surface area contributed by atoms with Crippen LogP contribution in [-0.4, -0.2) is 40.2 Å². The summed E-state index contributed by atoms with van der Waals surface area (Å²) in [4.78, 5) is 25.9. The monoisotopic (exact) mass is 290 g/mol. The van der Waals surface area contributed by atoms with Crippen LogP contribution in [0.4, 0.5) is 0 Å². The lowest BCUT2D eigenvalue weighted by Gasteiger charge is -2.04. The van der Waals surface area contributed by atoms with Crippen molar-refractivity contribution in [2.24, 2.45) is 5.73 Å². The molecular formula is C14H16N3O4. The smallest absolute Gasteiger partial charge is 0.265 e. The van der Waals surface area contributed by atoms with Gasteiger partial charge in [-0.3, -0.25) is 9.59 Å². The molecule has 1 aromatic carbocycles. The van der Waals surface area contributed by atoms with Crippen LogP contribution in [0.5, 0.6) is 5.75 Å². The molecular weight excluding hydrogens is 274 g/mol. The third-order valence-corrected chi connectivity index (χ3v) is 3.04. The Hall–Kier alpha value is -2.54. The standard InChI is InChI=1S/C14H16N3O4/c15-14(21)13-9(2-4-12(20)16-5-6-18)10-7-8(19)1-3-11(10)17-13/h1,3-4,7,17-19H,2,5-6H2,(H2,15,21)(H,16,20). The minimum Gasteiger partial charge on any atom is -0.508 e. The number of carbonyl (C=O) groups excluding carboxylic acids is 2. The van der Waals surface area contributed by atoms with E-state index >= 15 is 0 Å². The van der Waals surface area contributed by atoms with Crippen LogP contribution in [0, 0.1) is 6.42 Å². The Labute approximate surface area is 120 Å². The molecule has 0 aliphatic rings. The van der Waals surface area contributed by atoms with Gasteiger partial charge in [0.15, 0.2) is 0 Å². The molecule has 0 spiro atoms. The fourth-order valence-electron chi connectivity index (χ4n) is 2.10. The molecule has 0 unspecified atom stereocenters. The first-order valence-corrected chi connectivity index (χ1v) is 6.38. The molecule has 21 heavy (non-hydrogen) atoms. The third kappa shape index (κ3) is 3.32. The Morgan fingerprint density at radius 1 is 1.38 bits per heavy atom. The van der Waals surface area contributed by atoms with E-state index in [-0.39, 0.29) is 36.9 Å². The number of fused-ring (bicyclic) bond motifs is 1. The number of H-pyrrole nitrogens is 1. The first-order chi connectivity index (χ1) is 10.0. The normalized spacial score (nSPS) is 10.7. The van der Waals surface area contributed by atoms with Crippen molar-refractivity contribution in [2.45, 2.75) is 6.42 Å². The summed E-state index contributed by atoms with van der Waals surface area (Å²) in [5.41, 5.74) is 6.74. The summed E-state index contributed by atoms with van der Waals surface area (Å²) < 4.78 is 0. The van der Waals surface area contributed by atoms with Crippen LogP contribution in [0.15, 0.2) is 18.2 Å². The number of aliphatic hydroxyl groups is 1. The van der Waals surface area contributed by atoms with Gasteiger partial charge < -0.3 is 26.2 Å². The number of benzene rings is 1. The van der Waals surface area contributed by atoms with Crippen molar-refractivity contribution in [1.29, 1.82) is 0 Å². The van der Waals surface area contributed by atoms with E-state index in [2.05, 4.69) is 10.3 Å². The number of aromatic hydroxyl groups is 1. The minimum atomic E-state index is -0.634. The molecule has 0 saturated heterocycles. The Bertz CT molecular complexity index is 678. The maximum Gasteiger partial charge on any atom is 0.265 e. The molecule has 0 fully saturated rings. The number of aliphatic hydroxyl groups excluding tert-OH is 1. The highest BCUT2D eigenvalue weighted by Gasteiger charge is 2.17. The van der Waals surface area contributed by atoms with Crippen molar-refractivity contribution >= 4 is 22.7 Å². The Morgan fingerprint density at radius 3 is 2.81 bits per heavy atom. The molecule has 2 aromatic rings. The minimum absolute atomic E-state index is 0.0588. The molecule has 0 saturated carbocycles. The quantitative estimate of drug-likeness (QED) is 0.505. The molecule has 0 atom stereocenters. The molecule has 1 heterocycles. The lowest BCUT2D eigenvalue weighted by atomic mass is 10.0. The highest BCUT2D eigenvalue weighted by Crippen LogP contribution is 2.26. The van der Waals surface area contributed by atoms with Gasteiger partial charge in [-0.25, -0.2) is 0 Å². The van der Waals surface area contributed by atoms with Gasteiger partial charge in [0, 0.05) is 17.4 Å². The van der Waals surface area contributed by atoms with E-state index in [1.807, 2.05) is 0 Å². The number of hydrogen-bond donors (Lipinski definition) is 5. The summed E-state index contributed by atoms with van der Waals surface area (Å²) in [6.45, 7) is 0.0136. The molecule has 0 aliphatic heterocycles. The van der Waals surface area contributed by atoms with Crippen LogP contribution < -0.4 is 11.1 Å². The van der Waals surface area contributed by atoms with Gasteiger partial charge in [0.1, 0.15) is 11.4 Å². The molecule has 6 N–H and O–H groups in total. The number of aromatic nitrogens is 1. The Morgan fingerprint density at radius 2 is 2.14 bits per heavy atom. The van der Waals surface area contributed by atoms with Crippen molar-refractivity contribution in [2.75, 3.05) is 13.2 Å². The summed E-state index contributed by atoms with van der Waals surface area (Å²) in [6.07, 6.45) is 1.54. The van der Waals surface area contributed by atoms with Crippen LogP contribution >= 0.6 is 0 Å². The van der Waals surface area contributed by atoms with Crippen LogP contribution in [0.1, 0.15) is 16.1 Å². The van der Waals surface area contributed by atoms with E-state index in [1.165, 1.54) is 18.6 Å². The number of nitrogens with two attached hydrogens (primary N) is 1. The van der Waals surface area contributed by atoms with Gasteiger partial charge in [0.25, 0.3) is 5.91 Å². The lowest BCUT2D eigenvalue weighted by Crippen LogP contribution is -2.27. The number of phenols is 1. The number of carbonyl (C=O) groups is 2. The second kappa shape index (κ2) is 6.27. The van der Waals surface area contributed by atoms with Crippen LogP contribution in [0.2, 0.25) is 0 Å². The van der Waals surface area contributed by atoms with Crippen LogP contribution in [0.3, 0.4) is 0 Å². The van der Waals surface area contributed by atoms with E-state index in [0.717, 1.165) is 0 Å². The van der Waals surface area contributed by atoms with Crippen molar-refractivity contribution in [3.63, 3.8) is 0 Å². The molecule has 111 valence electrons. The van der Waals surface area contributed by atoms with Crippen molar-refractivity contribution < 1.29 is 19.8 Å². The first-order valence-electron chi connectivity index (χ1n) is 6.38. The van der Waals surface area contributed by atoms with Gasteiger partial charge in [0.2, 0.25) is 5.91 Å². The van der Waals surface area contributed by atoms with Crippen LogP contribution in [0.25, 0.3) is 10.9 Å². The zero-order valence-corrected chi connectivity index (χ0v) is 11.2. The maximum atomic E-state index is 11.5. The SMILES string of the molecule is NC(=O)c1[nH]c2ccc(O)cc2c1C[CH]C(=O)NCCO. The van der Waals surface area contributed by atoms with E-state index < -0.39 is 5.91 Å². The predicted molar refractivity (Wildman–Crippen MR) is 76.6 cm³/mol. The predicted octanol–water partition coefficient (Wildman–Crippen LogP) is -0.172. The van der Waals surface area contributed by atoms with Crippen molar-refractivity contribution in [1.82, 2.24) is 10.3 Å². The fraction of sp³-hybridized carbons (Fsp3) is 0.214. The van der Waals surface area contributed by atoms with Gasteiger partial charge >= 0.3 is 0 Å². The summed E-state index contributed by atoms with van der Waals surface area (Å²) in [6, 6.07) is 4.63. The average Bonchev–Trinajstić information content (AvgIpc) is 2.81. The van der Waals surface area contributed by atoms with Gasteiger partial charge in [-0.15, -0.1) is 0 Å². The molecule has 2 rings (SSSR count). The Balaban J connectivity index is 2.28. The number of primary amides is 1. The zero-order chi connectivity index (χ0) is 15.4. The summed E-state index contributed by atoms with van der Waals surface area (Å²) >= 11 is 0. The second-order valence-electron chi connectivity index (χ2n) is 4.50. The van der Waals surface area contributed by atoms with Crippen LogP contribution in [-0.2, 0) is 11.2 Å². The molecule has 1 radical (unpaired) electrons. The molecule has 2 amide bonds. The number of hydrogen-bond acceptors (Lipinski definition) is 4. The fourth-order valence-corrected chi connectivity index (χ4v) is 2.10. The van der Waals surface area contributed by atoms with Gasteiger partial charge in [-0.2, -0.15) is 0 Å². The largest absolute Gasteiger partial charge is 0.508 e. The number of nitrogens with one attached hydrogen (secondary N) is 2. The van der Waals surface area contributed by atoms with E-state index in [4.69, 9.17) is 10.8 Å². The molecule has 7 nitrogen and oxygen atoms in total. The highest BCUT2D eigenvalue weighted by atomic mass is 16.3. The van der Waals surface area contributed by atoms with Gasteiger partial charge in [-0.1, -0.05) is 0 Å². The maximum absolute atomic E-state index is 11.5. The topological polar surface area (TPSA) is 128 Å². The first kappa shape index (κ1) is 14.9. The van der Waals surface area contributed by atoms with Crippen molar-refractivity contribution in [3.8, 4) is 5.75 Å². The second-order valence-corrected chi connectivity index (χ2v) is 4.50. The number of aromatic amines is 1. The van der Waals surface area contributed by atoms with E-state index in [0.29, 0.717) is 16.5 Å². The third-order valence-electron chi connectivity index (χ3n) is 3.04. The summed E-state index contributed by atoms with van der Waals surface area (Å²) in [5, 5.41) is 21.3. The molecule has 7 heteroatoms. The van der Waals surface area contributed by atoms with Gasteiger partial charge in [-0.05, 0) is 30.2 Å². The Kier molecular flexibility index (Phi) is 4.44. The zero-order valence-electron chi connectivity index (χ0n) is 11.2. The highest BCUT2D eigenvalue weighted by molar-refractivity contribution is 6.01. The van der Waals surface area contributed by atoms with Gasteiger partial charge in [0.05, 0.1) is 13.0 Å². The molecule has 0 bridgehead atoms. The van der Waals surface area contributed by atoms with Crippen molar-refractivity contribution in [3.05, 3.63) is 35.9 Å². The number of rotatable bonds is 6.